The van der Waals surface area contributed by atoms with Gasteiger partial charge in [0.15, 0.2) is 0 Å². The standard InChI is InChI=1S/C18H19F3N2O/c1-2-3-7-15-12-5-4-6-13(12)17(23-22-15)14-9-8-11(10-16(14)24)18(19,20)21/h8-10,24H,2-7H2,1H3. The number of alkyl halides is 3. The van der Waals surface area contributed by atoms with Crippen LogP contribution in [0.4, 0.5) is 13.2 Å². The van der Waals surface area contributed by atoms with Crippen molar-refractivity contribution in [2.45, 2.75) is 51.6 Å². The third kappa shape index (κ3) is 3.09. The predicted molar refractivity (Wildman–Crippen MR) is 84.8 cm³/mol. The molecule has 6 heteroatoms. The van der Waals surface area contributed by atoms with Crippen molar-refractivity contribution in [3.8, 4) is 17.0 Å². The number of phenols is 1. The van der Waals surface area contributed by atoms with E-state index in [1.54, 1.807) is 0 Å². The highest BCUT2D eigenvalue weighted by atomic mass is 19.4. The Morgan fingerprint density at radius 2 is 1.88 bits per heavy atom. The Morgan fingerprint density at radius 1 is 1.12 bits per heavy atom. The topological polar surface area (TPSA) is 46.0 Å². The first-order chi connectivity index (χ1) is 11.4. The van der Waals surface area contributed by atoms with E-state index in [4.69, 9.17) is 0 Å². The second kappa shape index (κ2) is 6.42. The van der Waals surface area contributed by atoms with Gasteiger partial charge in [-0.05, 0) is 61.4 Å². The lowest BCUT2D eigenvalue weighted by molar-refractivity contribution is -0.137. The lowest BCUT2D eigenvalue weighted by Gasteiger charge is -2.13. The van der Waals surface area contributed by atoms with E-state index in [0.717, 1.165) is 67.5 Å². The lowest BCUT2D eigenvalue weighted by Crippen LogP contribution is -2.06. The second-order valence-electron chi connectivity index (χ2n) is 6.14. The molecule has 2 aromatic rings. The van der Waals surface area contributed by atoms with Gasteiger partial charge in [0.25, 0.3) is 0 Å². The number of halogens is 3. The summed E-state index contributed by atoms with van der Waals surface area (Å²) in [6.07, 6.45) is 1.21. The van der Waals surface area contributed by atoms with Crippen LogP contribution in [0.25, 0.3) is 11.3 Å². The van der Waals surface area contributed by atoms with Crippen LogP contribution >= 0.6 is 0 Å². The minimum atomic E-state index is -4.48. The van der Waals surface area contributed by atoms with E-state index in [2.05, 4.69) is 17.1 Å². The smallest absolute Gasteiger partial charge is 0.416 e. The molecule has 3 nitrogen and oxygen atoms in total. The van der Waals surface area contributed by atoms with Gasteiger partial charge < -0.3 is 5.11 Å². The molecule has 0 spiro atoms. The van der Waals surface area contributed by atoms with E-state index >= 15 is 0 Å². The van der Waals surface area contributed by atoms with E-state index in [9.17, 15) is 18.3 Å². The van der Waals surface area contributed by atoms with Crippen molar-refractivity contribution in [3.63, 3.8) is 0 Å². The Morgan fingerprint density at radius 3 is 2.54 bits per heavy atom. The highest BCUT2D eigenvalue weighted by molar-refractivity contribution is 5.71. The average molecular weight is 336 g/mol. The summed E-state index contributed by atoms with van der Waals surface area (Å²) in [5, 5.41) is 18.6. The molecule has 1 N–H and O–H groups in total. The van der Waals surface area contributed by atoms with Crippen LogP contribution in [0, 0.1) is 0 Å². The Labute approximate surface area is 138 Å². The van der Waals surface area contributed by atoms with E-state index in [0.29, 0.717) is 11.3 Å². The minimum absolute atomic E-state index is 0.315. The van der Waals surface area contributed by atoms with Crippen LogP contribution in [-0.4, -0.2) is 15.3 Å². The number of benzene rings is 1. The van der Waals surface area contributed by atoms with Gasteiger partial charge in [-0.15, -0.1) is 5.10 Å². The number of unbranched alkanes of at least 4 members (excludes halogenated alkanes) is 1. The van der Waals surface area contributed by atoms with Crippen molar-refractivity contribution in [2.24, 2.45) is 0 Å². The summed E-state index contributed by atoms with van der Waals surface area (Å²) in [6.45, 7) is 2.11. The van der Waals surface area contributed by atoms with E-state index in [-0.39, 0.29) is 0 Å². The molecule has 0 saturated heterocycles. The number of hydrogen-bond donors (Lipinski definition) is 1. The molecule has 0 saturated carbocycles. The van der Waals surface area contributed by atoms with Crippen LogP contribution in [0.15, 0.2) is 18.2 Å². The fourth-order valence-corrected chi connectivity index (χ4v) is 3.22. The van der Waals surface area contributed by atoms with Crippen molar-refractivity contribution >= 4 is 0 Å². The van der Waals surface area contributed by atoms with Crippen molar-refractivity contribution in [1.82, 2.24) is 10.2 Å². The maximum atomic E-state index is 12.8. The molecule has 3 rings (SSSR count). The van der Waals surface area contributed by atoms with Crippen molar-refractivity contribution in [1.29, 1.82) is 0 Å². The van der Waals surface area contributed by atoms with E-state index in [1.165, 1.54) is 6.07 Å². The summed E-state index contributed by atoms with van der Waals surface area (Å²) in [6, 6.07) is 3.01. The Balaban J connectivity index is 2.03. The molecule has 0 unspecified atom stereocenters. The summed E-state index contributed by atoms with van der Waals surface area (Å²) < 4.78 is 38.3. The number of aromatic hydroxyl groups is 1. The summed E-state index contributed by atoms with van der Waals surface area (Å²) >= 11 is 0. The van der Waals surface area contributed by atoms with Crippen LogP contribution in [-0.2, 0) is 25.4 Å². The summed E-state index contributed by atoms with van der Waals surface area (Å²) in [4.78, 5) is 0. The fourth-order valence-electron chi connectivity index (χ4n) is 3.22. The zero-order valence-corrected chi connectivity index (χ0v) is 13.5. The maximum absolute atomic E-state index is 12.8. The van der Waals surface area contributed by atoms with Gasteiger partial charge >= 0.3 is 6.18 Å². The van der Waals surface area contributed by atoms with Gasteiger partial charge in [0, 0.05) is 5.56 Å². The first-order valence-corrected chi connectivity index (χ1v) is 8.19. The van der Waals surface area contributed by atoms with Gasteiger partial charge in [-0.2, -0.15) is 18.3 Å². The van der Waals surface area contributed by atoms with Crippen LogP contribution in [0.2, 0.25) is 0 Å². The number of aromatic nitrogens is 2. The van der Waals surface area contributed by atoms with Crippen molar-refractivity contribution in [2.75, 3.05) is 0 Å². The molecule has 1 heterocycles. The van der Waals surface area contributed by atoms with Crippen LogP contribution in [0.5, 0.6) is 5.75 Å². The average Bonchev–Trinajstić information content (AvgIpc) is 3.02. The quantitative estimate of drug-likeness (QED) is 0.880. The van der Waals surface area contributed by atoms with Gasteiger partial charge in [-0.3, -0.25) is 0 Å². The molecule has 0 amide bonds. The SMILES string of the molecule is CCCCc1nnc(-c2ccc(C(F)(F)F)cc2O)c2c1CCC2. The highest BCUT2D eigenvalue weighted by Gasteiger charge is 2.32. The first-order valence-electron chi connectivity index (χ1n) is 8.19. The van der Waals surface area contributed by atoms with Crippen molar-refractivity contribution < 1.29 is 18.3 Å². The first kappa shape index (κ1) is 16.7. The molecule has 0 radical (unpaired) electrons. The van der Waals surface area contributed by atoms with Crippen LogP contribution in [0.1, 0.15) is 48.6 Å². The molecule has 1 aliphatic carbocycles. The third-order valence-electron chi connectivity index (χ3n) is 4.47. The Bertz CT molecular complexity index is 757. The zero-order valence-electron chi connectivity index (χ0n) is 13.5. The highest BCUT2D eigenvalue weighted by Crippen LogP contribution is 2.39. The van der Waals surface area contributed by atoms with Crippen molar-refractivity contribution in [3.05, 3.63) is 40.6 Å². The number of rotatable bonds is 4. The normalized spacial score (nSPS) is 14.0. The molecule has 0 aliphatic heterocycles. The number of nitrogens with zero attached hydrogens (tertiary/aromatic N) is 2. The molecule has 0 atom stereocenters. The van der Waals surface area contributed by atoms with Crippen LogP contribution < -0.4 is 0 Å². The number of phenolic OH excluding ortho intramolecular Hbond substituents is 1. The van der Waals surface area contributed by atoms with E-state index in [1.807, 2.05) is 0 Å². The molecule has 1 aromatic carbocycles. The Hall–Kier alpha value is -2.11. The van der Waals surface area contributed by atoms with E-state index < -0.39 is 17.5 Å². The zero-order chi connectivity index (χ0) is 17.3. The monoisotopic (exact) mass is 336 g/mol. The van der Waals surface area contributed by atoms with Gasteiger partial charge in [0.1, 0.15) is 11.4 Å². The molecular formula is C18H19F3N2O. The molecule has 0 bridgehead atoms. The maximum Gasteiger partial charge on any atom is 0.416 e. The fraction of sp³-hybridized carbons (Fsp3) is 0.444. The molecule has 0 fully saturated rings. The van der Waals surface area contributed by atoms with Crippen LogP contribution in [0.3, 0.4) is 0 Å². The van der Waals surface area contributed by atoms with Gasteiger partial charge in [0.05, 0.1) is 11.3 Å². The lowest BCUT2D eigenvalue weighted by atomic mass is 9.99. The predicted octanol–water partition coefficient (Wildman–Crippen LogP) is 4.70. The largest absolute Gasteiger partial charge is 0.507 e. The molecular weight excluding hydrogens is 317 g/mol. The Kier molecular flexibility index (Phi) is 4.47. The summed E-state index contributed by atoms with van der Waals surface area (Å²) in [7, 11) is 0. The number of hydrogen-bond acceptors (Lipinski definition) is 3. The molecule has 1 aliphatic rings. The minimum Gasteiger partial charge on any atom is -0.507 e. The third-order valence-corrected chi connectivity index (χ3v) is 4.47. The van der Waals surface area contributed by atoms with Gasteiger partial charge in [0.2, 0.25) is 0 Å². The molecule has 1 aromatic heterocycles. The van der Waals surface area contributed by atoms with Gasteiger partial charge in [-0.25, -0.2) is 0 Å². The van der Waals surface area contributed by atoms with Gasteiger partial charge in [-0.1, -0.05) is 13.3 Å². The number of fused-ring (bicyclic) bond motifs is 1. The molecule has 24 heavy (non-hydrogen) atoms. The summed E-state index contributed by atoms with van der Waals surface area (Å²) in [5.41, 5.74) is 3.12. The summed E-state index contributed by atoms with van der Waals surface area (Å²) in [5.74, 6) is -0.408. The molecule has 128 valence electrons. The number of aryl methyl sites for hydroxylation is 1. The second-order valence-corrected chi connectivity index (χ2v) is 6.14.